The van der Waals surface area contributed by atoms with Gasteiger partial charge in [-0.3, -0.25) is 19.8 Å². The molecule has 5 rings (SSSR count). The minimum absolute atomic E-state index is 0.0635. The molecular formula is C31H34ClN5O3S. The van der Waals surface area contributed by atoms with Crippen LogP contribution in [0.2, 0.25) is 5.02 Å². The van der Waals surface area contributed by atoms with Crippen LogP contribution in [0.5, 0.6) is 0 Å². The summed E-state index contributed by atoms with van der Waals surface area (Å²) < 4.78 is 2.02. The Morgan fingerprint density at radius 2 is 1.71 bits per heavy atom. The van der Waals surface area contributed by atoms with Crippen molar-refractivity contribution in [2.75, 3.05) is 43.9 Å². The summed E-state index contributed by atoms with van der Waals surface area (Å²) in [6.07, 6.45) is 1.68. The first kappa shape index (κ1) is 30.2. The summed E-state index contributed by atoms with van der Waals surface area (Å²) >= 11 is 7.84. The number of hydrogen-bond donors (Lipinski definition) is 4. The molecule has 5 aromatic rings. The van der Waals surface area contributed by atoms with E-state index in [9.17, 15) is 9.59 Å². The average molecular weight is 592 g/mol. The Morgan fingerprint density at radius 1 is 1.00 bits per heavy atom. The second-order valence-electron chi connectivity index (χ2n) is 9.37. The molecule has 214 valence electrons. The molecule has 4 N–H and O–H groups in total. The van der Waals surface area contributed by atoms with Gasteiger partial charge in [-0.25, -0.2) is 5.48 Å². The van der Waals surface area contributed by atoms with Gasteiger partial charge in [0.15, 0.2) is 5.43 Å². The maximum atomic E-state index is 13.3. The van der Waals surface area contributed by atoms with E-state index >= 15 is 0 Å². The molecule has 0 bridgehead atoms. The van der Waals surface area contributed by atoms with Gasteiger partial charge in [-0.1, -0.05) is 43.6 Å². The van der Waals surface area contributed by atoms with Gasteiger partial charge in [0.05, 0.1) is 21.5 Å². The molecule has 1 amide bonds. The number of nitrogens with zero attached hydrogens (tertiary/aromatic N) is 2. The van der Waals surface area contributed by atoms with Crippen LogP contribution in [0.25, 0.3) is 31.1 Å². The first-order valence-corrected chi connectivity index (χ1v) is 14.7. The molecule has 0 aliphatic carbocycles. The van der Waals surface area contributed by atoms with Crippen molar-refractivity contribution in [3.8, 4) is 0 Å². The Morgan fingerprint density at radius 3 is 2.44 bits per heavy atom. The number of amides is 1. The summed E-state index contributed by atoms with van der Waals surface area (Å²) in [4.78, 5) is 31.8. The Labute approximate surface area is 247 Å². The number of aromatic nitrogens is 1. The number of carbonyl (C=O) groups is 1. The van der Waals surface area contributed by atoms with Gasteiger partial charge in [0.25, 0.3) is 5.91 Å². The highest BCUT2D eigenvalue weighted by Gasteiger charge is 2.14. The normalized spacial score (nSPS) is 11.0. The number of benzene rings is 3. The lowest BCUT2D eigenvalue weighted by Crippen LogP contribution is -2.30. The fraction of sp³-hybridized carbons (Fsp3) is 0.258. The predicted molar refractivity (Wildman–Crippen MR) is 172 cm³/mol. The van der Waals surface area contributed by atoms with E-state index in [1.807, 2.05) is 64.2 Å². The molecule has 0 saturated carbocycles. The van der Waals surface area contributed by atoms with Crippen molar-refractivity contribution in [1.82, 2.24) is 15.4 Å². The molecule has 8 nitrogen and oxygen atoms in total. The van der Waals surface area contributed by atoms with Crippen molar-refractivity contribution in [3.63, 3.8) is 0 Å². The number of carbonyl (C=O) groups excluding carboxylic acids is 1. The van der Waals surface area contributed by atoms with Crippen LogP contribution in [0, 0.1) is 6.92 Å². The van der Waals surface area contributed by atoms with E-state index < -0.39 is 5.91 Å². The molecule has 0 saturated heterocycles. The van der Waals surface area contributed by atoms with Gasteiger partial charge in [-0.2, -0.15) is 0 Å². The number of fused-ring (bicyclic) bond motifs is 3. The molecule has 0 atom stereocenters. The first-order chi connectivity index (χ1) is 19.9. The third-order valence-electron chi connectivity index (χ3n) is 6.72. The summed E-state index contributed by atoms with van der Waals surface area (Å²) in [7, 11) is 2.04. The van der Waals surface area contributed by atoms with E-state index in [-0.39, 0.29) is 16.0 Å². The van der Waals surface area contributed by atoms with E-state index in [1.165, 1.54) is 0 Å². The summed E-state index contributed by atoms with van der Waals surface area (Å²) in [5.41, 5.74) is 5.28. The number of hydrogen-bond acceptors (Lipinski definition) is 8. The van der Waals surface area contributed by atoms with Gasteiger partial charge >= 0.3 is 0 Å². The number of nitrogens with one attached hydrogen (secondary N) is 3. The third-order valence-corrected chi connectivity index (χ3v) is 8.34. The van der Waals surface area contributed by atoms with Gasteiger partial charge in [-0.05, 0) is 55.9 Å². The zero-order chi connectivity index (χ0) is 29.5. The molecule has 2 heterocycles. The largest absolute Gasteiger partial charge is 0.383 e. The van der Waals surface area contributed by atoms with Crippen molar-refractivity contribution in [2.24, 2.45) is 0 Å². The van der Waals surface area contributed by atoms with Crippen LogP contribution in [0.1, 0.15) is 29.8 Å². The molecule has 0 aliphatic heterocycles. The van der Waals surface area contributed by atoms with Crippen molar-refractivity contribution in [2.45, 2.75) is 20.8 Å². The highest BCUT2D eigenvalue weighted by Crippen LogP contribution is 2.31. The molecule has 0 spiro atoms. The van der Waals surface area contributed by atoms with Crippen LogP contribution >= 0.6 is 22.9 Å². The maximum absolute atomic E-state index is 13.3. The number of likely N-dealkylation sites (N-methyl/N-ethyl adjacent to an activating group) is 1. The smallest absolute Gasteiger partial charge is 0.276 e. The average Bonchev–Trinajstić information content (AvgIpc) is 2.99. The number of pyridine rings is 1. The van der Waals surface area contributed by atoms with Crippen LogP contribution < -0.4 is 21.5 Å². The topological polar surface area (TPSA) is 107 Å². The van der Waals surface area contributed by atoms with Crippen LogP contribution in [0.3, 0.4) is 0 Å². The molecule has 0 aliphatic rings. The lowest BCUT2D eigenvalue weighted by molar-refractivity contribution is 0.0706. The molecule has 10 heteroatoms. The van der Waals surface area contributed by atoms with Crippen molar-refractivity contribution < 1.29 is 10.0 Å². The van der Waals surface area contributed by atoms with Crippen LogP contribution in [-0.4, -0.2) is 54.2 Å². The molecule has 41 heavy (non-hydrogen) atoms. The Balaban J connectivity index is 0.00000189. The van der Waals surface area contributed by atoms with Gasteiger partial charge in [-0.15, -0.1) is 11.3 Å². The monoisotopic (exact) mass is 591 g/mol. The molecule has 3 aromatic carbocycles. The second-order valence-corrected chi connectivity index (χ2v) is 10.8. The fourth-order valence-electron chi connectivity index (χ4n) is 4.61. The molecule has 0 unspecified atom stereocenters. The van der Waals surface area contributed by atoms with Crippen LogP contribution in [0.4, 0.5) is 11.4 Å². The minimum atomic E-state index is -0.678. The molecule has 0 fully saturated rings. The standard InChI is InChI=1S/C29H28ClN5O3S.C2H6/c1-17-7-8-23(26-27(36)18-5-3-4-6-25(18)39-28(17)26)33-12-14-35(2)13-11-32-22-9-10-31-24-16-21(30)19(15-20(22)24)29(37)34-38;1-2/h3-10,15-16,33,38H,11-14H2,1-2H3,(H,31,32)(H,34,37);1-2H3. The quantitative estimate of drug-likeness (QED) is 0.0877. The maximum Gasteiger partial charge on any atom is 0.276 e. The van der Waals surface area contributed by atoms with E-state index in [4.69, 9.17) is 16.8 Å². The number of anilines is 2. The predicted octanol–water partition coefficient (Wildman–Crippen LogP) is 6.53. The third kappa shape index (κ3) is 6.60. The SMILES string of the molecule is CC.Cc1ccc(NCCN(C)CCNc2ccnc3cc(Cl)c(C(=O)NO)cc23)c2c(=O)c3ccccc3sc12. The Kier molecular flexibility index (Phi) is 10.1. The fourth-order valence-corrected chi connectivity index (χ4v) is 6.02. The molecule has 0 radical (unpaired) electrons. The summed E-state index contributed by atoms with van der Waals surface area (Å²) in [5, 5.41) is 18.3. The van der Waals surface area contributed by atoms with E-state index in [1.54, 1.807) is 35.1 Å². The number of halogens is 1. The van der Waals surface area contributed by atoms with Crippen molar-refractivity contribution in [1.29, 1.82) is 0 Å². The Bertz CT molecular complexity index is 1760. The first-order valence-electron chi connectivity index (χ1n) is 13.5. The number of hydroxylamine groups is 1. The summed E-state index contributed by atoms with van der Waals surface area (Å²) in [6, 6.07) is 16.9. The molecular weight excluding hydrogens is 558 g/mol. The van der Waals surface area contributed by atoms with Gasteiger partial charge < -0.3 is 15.5 Å². The summed E-state index contributed by atoms with van der Waals surface area (Å²) in [5.74, 6) is -0.678. The second kappa shape index (κ2) is 13.7. The van der Waals surface area contributed by atoms with Crippen molar-refractivity contribution >= 4 is 71.3 Å². The summed E-state index contributed by atoms with van der Waals surface area (Å²) in [6.45, 7) is 8.92. The van der Waals surface area contributed by atoms with Crippen LogP contribution in [-0.2, 0) is 0 Å². The van der Waals surface area contributed by atoms with Gasteiger partial charge in [0.2, 0.25) is 0 Å². The van der Waals surface area contributed by atoms with E-state index in [0.29, 0.717) is 18.6 Å². The Hall–Kier alpha value is -3.76. The number of aryl methyl sites for hydroxylation is 1. The van der Waals surface area contributed by atoms with E-state index in [2.05, 4.69) is 26.6 Å². The zero-order valence-electron chi connectivity index (χ0n) is 23.5. The van der Waals surface area contributed by atoms with E-state index in [0.717, 1.165) is 55.6 Å². The highest BCUT2D eigenvalue weighted by molar-refractivity contribution is 7.24. The number of rotatable bonds is 9. The van der Waals surface area contributed by atoms with Gasteiger partial charge in [0, 0.05) is 63.9 Å². The lowest BCUT2D eigenvalue weighted by atomic mass is 10.1. The highest BCUT2D eigenvalue weighted by atomic mass is 35.5. The van der Waals surface area contributed by atoms with Crippen LogP contribution in [0.15, 0.2) is 65.6 Å². The lowest BCUT2D eigenvalue weighted by Gasteiger charge is -2.19. The molecule has 2 aromatic heterocycles. The van der Waals surface area contributed by atoms with Crippen molar-refractivity contribution in [3.05, 3.63) is 87.2 Å². The van der Waals surface area contributed by atoms with Gasteiger partial charge in [0.1, 0.15) is 0 Å². The minimum Gasteiger partial charge on any atom is -0.383 e. The zero-order valence-corrected chi connectivity index (χ0v) is 25.1.